The summed E-state index contributed by atoms with van der Waals surface area (Å²) in [5.74, 6) is 0.344. The number of imidazole rings is 1. The third-order valence-corrected chi connectivity index (χ3v) is 5.29. The Morgan fingerprint density at radius 2 is 2.21 bits per heavy atom. The second-order valence-electron chi connectivity index (χ2n) is 7.11. The number of carbonyl (C=O) groups excluding carboxylic acids is 1. The molecule has 0 saturated heterocycles. The average Bonchev–Trinajstić information content (AvgIpc) is 3.17. The highest BCUT2D eigenvalue weighted by atomic mass is 16.3. The van der Waals surface area contributed by atoms with Crippen molar-refractivity contribution in [3.05, 3.63) is 48.8 Å². The fourth-order valence-electron chi connectivity index (χ4n) is 3.53. The van der Waals surface area contributed by atoms with Crippen molar-refractivity contribution in [2.45, 2.75) is 44.4 Å². The first-order chi connectivity index (χ1) is 11.7. The summed E-state index contributed by atoms with van der Waals surface area (Å²) in [6, 6.07) is 5.64. The van der Waals surface area contributed by atoms with Gasteiger partial charge in [0.2, 0.25) is 5.91 Å². The Morgan fingerprint density at radius 3 is 2.79 bits per heavy atom. The van der Waals surface area contributed by atoms with Gasteiger partial charge in [0, 0.05) is 25.1 Å². The minimum absolute atomic E-state index is 0.0910. The third-order valence-electron chi connectivity index (χ3n) is 5.29. The summed E-state index contributed by atoms with van der Waals surface area (Å²) in [4.78, 5) is 21.4. The molecular formula is C18H22N4O2. The molecule has 0 unspecified atom stereocenters. The fourth-order valence-corrected chi connectivity index (χ4v) is 3.53. The molecule has 6 heteroatoms. The molecule has 1 amide bonds. The molecule has 0 bridgehead atoms. The molecule has 2 aliphatic rings. The van der Waals surface area contributed by atoms with Crippen LogP contribution in [0.5, 0.6) is 0 Å². The van der Waals surface area contributed by atoms with E-state index in [1.165, 1.54) is 0 Å². The second kappa shape index (κ2) is 6.02. The van der Waals surface area contributed by atoms with E-state index in [9.17, 15) is 9.90 Å². The first-order valence-corrected chi connectivity index (χ1v) is 8.52. The van der Waals surface area contributed by atoms with Gasteiger partial charge in [-0.2, -0.15) is 0 Å². The average molecular weight is 326 g/mol. The van der Waals surface area contributed by atoms with Crippen LogP contribution in [0.4, 0.5) is 0 Å². The maximum Gasteiger partial charge on any atom is 0.228 e. The molecule has 1 atom stereocenters. The summed E-state index contributed by atoms with van der Waals surface area (Å²) >= 11 is 0. The van der Waals surface area contributed by atoms with Crippen molar-refractivity contribution < 1.29 is 9.90 Å². The molecule has 126 valence electrons. The fraction of sp³-hybridized carbons (Fsp3) is 0.500. The van der Waals surface area contributed by atoms with Gasteiger partial charge in [-0.15, -0.1) is 0 Å². The number of rotatable bonds is 6. The summed E-state index contributed by atoms with van der Waals surface area (Å²) in [6.07, 6.45) is 10.1. The Kier molecular flexibility index (Phi) is 3.84. The number of pyridine rings is 1. The molecular weight excluding hydrogens is 304 g/mol. The maximum absolute atomic E-state index is 12.9. The molecule has 6 nitrogen and oxygen atoms in total. The Hall–Kier alpha value is -2.21. The molecule has 0 radical (unpaired) electrons. The molecule has 2 aromatic rings. The molecule has 0 aromatic carbocycles. The van der Waals surface area contributed by atoms with Gasteiger partial charge in [-0.05, 0) is 43.7 Å². The maximum atomic E-state index is 12.9. The van der Waals surface area contributed by atoms with Gasteiger partial charge < -0.3 is 15.0 Å². The van der Waals surface area contributed by atoms with Crippen molar-refractivity contribution in [3.8, 4) is 0 Å². The normalized spacial score (nSPS) is 25.5. The minimum Gasteiger partial charge on any atom is -0.393 e. The van der Waals surface area contributed by atoms with Crippen LogP contribution in [0.25, 0.3) is 0 Å². The number of hydrogen-bond acceptors (Lipinski definition) is 4. The Bertz CT molecular complexity index is 691. The molecule has 2 aliphatic carbocycles. The number of aromatic nitrogens is 3. The molecule has 2 N–H and O–H groups in total. The number of hydrogen-bond donors (Lipinski definition) is 2. The van der Waals surface area contributed by atoms with E-state index in [1.807, 2.05) is 29.0 Å². The van der Waals surface area contributed by atoms with Crippen LogP contribution in [0.2, 0.25) is 0 Å². The zero-order chi connectivity index (χ0) is 16.6. The van der Waals surface area contributed by atoms with Crippen LogP contribution in [-0.2, 0) is 11.3 Å². The molecule has 4 rings (SSSR count). The summed E-state index contributed by atoms with van der Waals surface area (Å²) < 4.78 is 1.97. The van der Waals surface area contributed by atoms with Crippen molar-refractivity contribution in [1.29, 1.82) is 0 Å². The van der Waals surface area contributed by atoms with Crippen molar-refractivity contribution in [1.82, 2.24) is 19.9 Å². The van der Waals surface area contributed by atoms with E-state index in [-0.39, 0.29) is 29.4 Å². The molecule has 2 aromatic heterocycles. The van der Waals surface area contributed by atoms with E-state index in [0.717, 1.165) is 31.4 Å². The quantitative estimate of drug-likeness (QED) is 0.846. The predicted molar refractivity (Wildman–Crippen MR) is 87.7 cm³/mol. The van der Waals surface area contributed by atoms with Gasteiger partial charge in [-0.3, -0.25) is 9.78 Å². The summed E-state index contributed by atoms with van der Waals surface area (Å²) in [5.41, 5.74) is 0.553. The molecule has 2 heterocycles. The number of nitrogens with one attached hydrogen (secondary N) is 1. The van der Waals surface area contributed by atoms with Crippen LogP contribution >= 0.6 is 0 Å². The van der Waals surface area contributed by atoms with E-state index in [0.29, 0.717) is 6.54 Å². The number of amides is 1. The summed E-state index contributed by atoms with van der Waals surface area (Å²) in [7, 11) is 0. The van der Waals surface area contributed by atoms with E-state index in [1.54, 1.807) is 18.7 Å². The zero-order valence-electron chi connectivity index (χ0n) is 13.5. The van der Waals surface area contributed by atoms with E-state index >= 15 is 0 Å². The van der Waals surface area contributed by atoms with Crippen LogP contribution < -0.4 is 5.32 Å². The van der Waals surface area contributed by atoms with Crippen LogP contribution in [-0.4, -0.2) is 31.7 Å². The Balaban J connectivity index is 1.49. The SMILES string of the molecule is O=C(N[C@@H](c1ccccn1)C1CC(O)C1)C1(Cn2ccnc2)CC1. The number of aliphatic hydroxyl groups is 1. The lowest BCUT2D eigenvalue weighted by Crippen LogP contribution is -2.44. The van der Waals surface area contributed by atoms with Gasteiger partial charge in [0.15, 0.2) is 0 Å². The number of aliphatic hydroxyl groups excluding tert-OH is 1. The summed E-state index contributed by atoms with van der Waals surface area (Å²) in [5, 5.41) is 12.9. The van der Waals surface area contributed by atoms with Gasteiger partial charge in [0.25, 0.3) is 0 Å². The Labute approximate surface area is 140 Å². The van der Waals surface area contributed by atoms with Crippen molar-refractivity contribution in [2.75, 3.05) is 0 Å². The largest absolute Gasteiger partial charge is 0.393 e. The standard InChI is InChI=1S/C18H22N4O2/c23-14-9-13(10-14)16(15-3-1-2-6-20-15)21-17(24)18(4-5-18)11-22-8-7-19-12-22/h1-3,6-8,12-14,16,23H,4-5,9-11H2,(H,21,24)/t13?,14?,16-/m1/s1. The monoisotopic (exact) mass is 326 g/mol. The van der Waals surface area contributed by atoms with Crippen LogP contribution in [0.1, 0.15) is 37.4 Å². The lowest BCUT2D eigenvalue weighted by Gasteiger charge is -2.38. The van der Waals surface area contributed by atoms with Gasteiger partial charge >= 0.3 is 0 Å². The topological polar surface area (TPSA) is 80.0 Å². The van der Waals surface area contributed by atoms with Gasteiger partial charge in [0.05, 0.1) is 29.6 Å². The summed E-state index contributed by atoms with van der Waals surface area (Å²) in [6.45, 7) is 0.668. The molecule has 2 saturated carbocycles. The van der Waals surface area contributed by atoms with Crippen molar-refractivity contribution in [3.63, 3.8) is 0 Å². The highest BCUT2D eigenvalue weighted by molar-refractivity contribution is 5.85. The number of nitrogens with zero attached hydrogens (tertiary/aromatic N) is 3. The highest BCUT2D eigenvalue weighted by Gasteiger charge is 2.51. The van der Waals surface area contributed by atoms with Crippen molar-refractivity contribution in [2.24, 2.45) is 11.3 Å². The van der Waals surface area contributed by atoms with E-state index in [4.69, 9.17) is 0 Å². The van der Waals surface area contributed by atoms with E-state index in [2.05, 4.69) is 15.3 Å². The smallest absolute Gasteiger partial charge is 0.228 e. The van der Waals surface area contributed by atoms with Crippen molar-refractivity contribution >= 4 is 5.91 Å². The van der Waals surface area contributed by atoms with Crippen LogP contribution in [0.15, 0.2) is 43.1 Å². The van der Waals surface area contributed by atoms with Gasteiger partial charge in [-0.25, -0.2) is 4.98 Å². The molecule has 0 aliphatic heterocycles. The van der Waals surface area contributed by atoms with Crippen LogP contribution in [0, 0.1) is 11.3 Å². The lowest BCUT2D eigenvalue weighted by atomic mass is 9.76. The second-order valence-corrected chi connectivity index (χ2v) is 7.11. The molecule has 2 fully saturated rings. The first-order valence-electron chi connectivity index (χ1n) is 8.52. The lowest BCUT2D eigenvalue weighted by molar-refractivity contribution is -0.128. The van der Waals surface area contributed by atoms with E-state index < -0.39 is 0 Å². The minimum atomic E-state index is -0.323. The third kappa shape index (κ3) is 2.94. The Morgan fingerprint density at radius 1 is 1.38 bits per heavy atom. The molecule has 0 spiro atoms. The van der Waals surface area contributed by atoms with Crippen LogP contribution in [0.3, 0.4) is 0 Å². The number of carbonyl (C=O) groups is 1. The molecule has 24 heavy (non-hydrogen) atoms. The van der Waals surface area contributed by atoms with Gasteiger partial charge in [0.1, 0.15) is 0 Å². The first kappa shape index (κ1) is 15.3. The van der Waals surface area contributed by atoms with Gasteiger partial charge in [-0.1, -0.05) is 6.07 Å². The highest BCUT2D eigenvalue weighted by Crippen LogP contribution is 2.48. The predicted octanol–water partition coefficient (Wildman–Crippen LogP) is 1.69. The zero-order valence-corrected chi connectivity index (χ0v) is 13.5.